The molecule has 1 heterocycles. The van der Waals surface area contributed by atoms with Crippen molar-refractivity contribution >= 4 is 23.3 Å². The maximum atomic E-state index is 12.9. The van der Waals surface area contributed by atoms with Crippen LogP contribution >= 0.6 is 11.6 Å². The number of hydrogen-bond acceptors (Lipinski definition) is 6. The summed E-state index contributed by atoms with van der Waals surface area (Å²) in [6.45, 7) is 0. The smallest absolute Gasteiger partial charge is 0.320 e. The minimum absolute atomic E-state index is 0.245. The largest absolute Gasteiger partial charge is 0.495 e. The third-order valence-electron chi connectivity index (χ3n) is 4.84. The van der Waals surface area contributed by atoms with Crippen LogP contribution < -0.4 is 20.1 Å². The summed E-state index contributed by atoms with van der Waals surface area (Å²) < 4.78 is 16.5. The highest BCUT2D eigenvalue weighted by molar-refractivity contribution is 6.32. The minimum atomic E-state index is -0.684. The lowest BCUT2D eigenvalue weighted by atomic mass is 10.1. The number of ether oxygens (including phenoxy) is 2. The quantitative estimate of drug-likeness (QED) is 0.384. The molecule has 0 spiro atoms. The predicted molar refractivity (Wildman–Crippen MR) is 125 cm³/mol. The molecule has 1 atom stereocenters. The van der Waals surface area contributed by atoms with Crippen LogP contribution in [-0.4, -0.2) is 30.4 Å². The lowest BCUT2D eigenvalue weighted by Gasteiger charge is -2.18. The van der Waals surface area contributed by atoms with E-state index < -0.39 is 12.1 Å². The van der Waals surface area contributed by atoms with E-state index in [-0.39, 0.29) is 5.89 Å². The minimum Gasteiger partial charge on any atom is -0.495 e. The van der Waals surface area contributed by atoms with Crippen LogP contribution in [-0.2, 0) is 0 Å². The number of benzene rings is 3. The normalized spacial score (nSPS) is 11.5. The fourth-order valence-corrected chi connectivity index (χ4v) is 3.47. The van der Waals surface area contributed by atoms with Gasteiger partial charge in [-0.05, 0) is 23.8 Å². The van der Waals surface area contributed by atoms with Crippen LogP contribution in [0.25, 0.3) is 11.5 Å². The van der Waals surface area contributed by atoms with E-state index in [1.807, 2.05) is 60.7 Å². The zero-order valence-electron chi connectivity index (χ0n) is 17.9. The number of urea groups is 1. The van der Waals surface area contributed by atoms with Gasteiger partial charge in [0.2, 0.25) is 11.8 Å². The van der Waals surface area contributed by atoms with Gasteiger partial charge in [-0.1, -0.05) is 60.1 Å². The van der Waals surface area contributed by atoms with Crippen molar-refractivity contribution in [2.75, 3.05) is 19.5 Å². The summed E-state index contributed by atoms with van der Waals surface area (Å²) in [7, 11) is 2.99. The number of halogens is 1. The van der Waals surface area contributed by atoms with Gasteiger partial charge in [0.1, 0.15) is 17.5 Å². The summed E-state index contributed by atoms with van der Waals surface area (Å²) in [5.41, 5.74) is 1.93. The third-order valence-corrected chi connectivity index (χ3v) is 5.13. The van der Waals surface area contributed by atoms with Crippen LogP contribution in [0.4, 0.5) is 10.5 Å². The van der Waals surface area contributed by atoms with Crippen molar-refractivity contribution in [1.29, 1.82) is 0 Å². The van der Waals surface area contributed by atoms with Crippen molar-refractivity contribution in [2.45, 2.75) is 6.04 Å². The van der Waals surface area contributed by atoms with E-state index >= 15 is 0 Å². The number of anilines is 1. The second-order valence-electron chi connectivity index (χ2n) is 6.94. The second kappa shape index (κ2) is 10.1. The fourth-order valence-electron chi connectivity index (χ4n) is 3.23. The summed E-state index contributed by atoms with van der Waals surface area (Å²) in [6, 6.07) is 20.7. The van der Waals surface area contributed by atoms with Gasteiger partial charge in [0.05, 0.1) is 24.9 Å². The number of amides is 2. The molecular formula is C24H21ClN4O4. The Kier molecular flexibility index (Phi) is 6.75. The maximum absolute atomic E-state index is 12.9. The average Bonchev–Trinajstić information content (AvgIpc) is 3.34. The van der Waals surface area contributed by atoms with Crippen molar-refractivity contribution in [1.82, 2.24) is 15.5 Å². The molecule has 2 N–H and O–H groups in total. The Hall–Kier alpha value is -4.04. The van der Waals surface area contributed by atoms with Crippen molar-refractivity contribution < 1.29 is 18.7 Å². The van der Waals surface area contributed by atoms with Gasteiger partial charge in [0.25, 0.3) is 0 Å². The zero-order chi connectivity index (χ0) is 23.2. The Balaban J connectivity index is 1.60. The first-order chi connectivity index (χ1) is 16.1. The monoisotopic (exact) mass is 464 g/mol. The van der Waals surface area contributed by atoms with Crippen LogP contribution in [0.15, 0.2) is 77.2 Å². The SMILES string of the molecule is COc1cc(OC)c(NC(=O)N[C@@H](c2ccccc2)c2nnc(-c3ccccc3)o2)cc1Cl. The van der Waals surface area contributed by atoms with Crippen molar-refractivity contribution in [3.8, 4) is 23.0 Å². The molecule has 0 aliphatic carbocycles. The average molecular weight is 465 g/mol. The Bertz CT molecular complexity index is 1230. The van der Waals surface area contributed by atoms with Gasteiger partial charge in [0, 0.05) is 11.6 Å². The number of carbonyl (C=O) groups excluding carboxylic acids is 1. The van der Waals surface area contributed by atoms with Gasteiger partial charge in [-0.15, -0.1) is 10.2 Å². The Morgan fingerprint density at radius 2 is 1.61 bits per heavy atom. The molecule has 0 radical (unpaired) electrons. The van der Waals surface area contributed by atoms with E-state index in [0.717, 1.165) is 11.1 Å². The van der Waals surface area contributed by atoms with E-state index in [2.05, 4.69) is 20.8 Å². The Morgan fingerprint density at radius 3 is 2.27 bits per heavy atom. The Labute approximate surface area is 195 Å². The lowest BCUT2D eigenvalue weighted by molar-refractivity contribution is 0.248. The summed E-state index contributed by atoms with van der Waals surface area (Å²) in [5.74, 6) is 1.43. The molecule has 0 fully saturated rings. The first-order valence-electron chi connectivity index (χ1n) is 10.0. The summed E-state index contributed by atoms with van der Waals surface area (Å²) in [5, 5.41) is 14.3. The number of carbonyl (C=O) groups is 1. The molecule has 0 saturated carbocycles. The van der Waals surface area contributed by atoms with Crippen molar-refractivity contribution in [3.05, 3.63) is 89.3 Å². The van der Waals surface area contributed by atoms with Crippen molar-refractivity contribution in [2.24, 2.45) is 0 Å². The van der Waals surface area contributed by atoms with E-state index in [1.54, 1.807) is 12.1 Å². The van der Waals surface area contributed by atoms with Gasteiger partial charge in [-0.25, -0.2) is 4.79 Å². The molecule has 33 heavy (non-hydrogen) atoms. The second-order valence-corrected chi connectivity index (χ2v) is 7.35. The van der Waals surface area contributed by atoms with Gasteiger partial charge in [0.15, 0.2) is 0 Å². The molecule has 0 aliphatic heterocycles. The molecule has 9 heteroatoms. The van der Waals surface area contributed by atoms with Crippen LogP contribution in [0.3, 0.4) is 0 Å². The standard InChI is InChI=1S/C24H21ClN4O4/c1-31-19-14-20(32-2)18(13-17(19)25)26-24(30)27-21(15-9-5-3-6-10-15)23-29-28-22(33-23)16-11-7-4-8-12-16/h3-14,21H,1-2H3,(H2,26,27,30)/t21-/m0/s1. The lowest BCUT2D eigenvalue weighted by Crippen LogP contribution is -2.33. The molecule has 3 aromatic carbocycles. The topological polar surface area (TPSA) is 98.5 Å². The molecule has 0 aliphatic rings. The van der Waals surface area contributed by atoms with Crippen molar-refractivity contribution in [3.63, 3.8) is 0 Å². The number of hydrogen-bond donors (Lipinski definition) is 2. The van der Waals surface area contributed by atoms with Gasteiger partial charge in [-0.3, -0.25) is 0 Å². The van der Waals surface area contributed by atoms with Gasteiger partial charge < -0.3 is 24.5 Å². The molecular weight excluding hydrogens is 444 g/mol. The van der Waals surface area contributed by atoms with Crippen LogP contribution in [0.2, 0.25) is 5.02 Å². The molecule has 168 valence electrons. The third kappa shape index (κ3) is 5.07. The molecule has 0 saturated heterocycles. The van der Waals surface area contributed by atoms with Gasteiger partial charge in [-0.2, -0.15) is 0 Å². The molecule has 0 unspecified atom stereocenters. The zero-order valence-corrected chi connectivity index (χ0v) is 18.7. The number of aromatic nitrogens is 2. The summed E-state index contributed by atoms with van der Waals surface area (Å²) in [6.07, 6.45) is 0. The van der Waals surface area contributed by atoms with E-state index in [4.69, 9.17) is 25.5 Å². The first kappa shape index (κ1) is 22.2. The van der Waals surface area contributed by atoms with Crippen LogP contribution in [0.1, 0.15) is 17.5 Å². The highest BCUT2D eigenvalue weighted by Gasteiger charge is 2.24. The molecule has 8 nitrogen and oxygen atoms in total. The highest BCUT2D eigenvalue weighted by atomic mass is 35.5. The van der Waals surface area contributed by atoms with E-state index in [9.17, 15) is 4.79 Å². The highest BCUT2D eigenvalue weighted by Crippen LogP contribution is 2.36. The molecule has 4 aromatic rings. The summed E-state index contributed by atoms with van der Waals surface area (Å²) in [4.78, 5) is 12.9. The van der Waals surface area contributed by atoms with Gasteiger partial charge >= 0.3 is 6.03 Å². The van der Waals surface area contributed by atoms with E-state index in [0.29, 0.717) is 28.1 Å². The number of nitrogens with zero attached hydrogens (tertiary/aromatic N) is 2. The molecule has 1 aromatic heterocycles. The number of nitrogens with one attached hydrogen (secondary N) is 2. The van der Waals surface area contributed by atoms with E-state index in [1.165, 1.54) is 14.2 Å². The maximum Gasteiger partial charge on any atom is 0.320 e. The molecule has 2 amide bonds. The molecule has 4 rings (SSSR count). The Morgan fingerprint density at radius 1 is 0.939 bits per heavy atom. The number of rotatable bonds is 7. The number of methoxy groups -OCH3 is 2. The molecule has 0 bridgehead atoms. The van der Waals surface area contributed by atoms with Crippen LogP contribution in [0.5, 0.6) is 11.5 Å². The summed E-state index contributed by atoms with van der Waals surface area (Å²) >= 11 is 6.21. The first-order valence-corrected chi connectivity index (χ1v) is 10.4. The predicted octanol–water partition coefficient (Wildman–Crippen LogP) is 5.32. The van der Waals surface area contributed by atoms with Crippen LogP contribution in [0, 0.1) is 0 Å². The fraction of sp³-hybridized carbons (Fsp3) is 0.125.